The molecular weight excluding hydrogens is 400 g/mol. The van der Waals surface area contributed by atoms with Gasteiger partial charge in [0.2, 0.25) is 11.2 Å². The largest absolute Gasteiger partial charge is 0.461 e. The van der Waals surface area contributed by atoms with Crippen LogP contribution in [0.4, 0.5) is 0 Å². The summed E-state index contributed by atoms with van der Waals surface area (Å²) >= 11 is 0. The Morgan fingerprint density at radius 3 is 1.23 bits per heavy atom. The van der Waals surface area contributed by atoms with Crippen LogP contribution in [0.3, 0.4) is 0 Å². The molecule has 0 bridgehead atoms. The fourth-order valence-corrected chi connectivity index (χ4v) is 2.16. The minimum atomic E-state index is -2.16. The van der Waals surface area contributed by atoms with Crippen molar-refractivity contribution in [3.63, 3.8) is 0 Å². The second-order valence-corrected chi connectivity index (χ2v) is 6.99. The second kappa shape index (κ2) is 14.2. The quantitative estimate of drug-likeness (QED) is 0.187. The number of ketones is 2. The summed E-state index contributed by atoms with van der Waals surface area (Å²) in [6.45, 7) is 5.90. The maximum absolute atomic E-state index is 11.7. The molecule has 0 aromatic carbocycles. The minimum Gasteiger partial charge on any atom is -0.461 e. The molecule has 0 saturated carbocycles. The molecule has 0 amide bonds. The van der Waals surface area contributed by atoms with Crippen LogP contribution in [-0.2, 0) is 38.1 Å². The zero-order valence-electron chi connectivity index (χ0n) is 18.2. The predicted octanol–water partition coefficient (Wildman–Crippen LogP) is 0.346. The number of hydrogen-bond donors (Lipinski definition) is 2. The maximum Gasteiger partial charge on any atom is 0.345 e. The lowest BCUT2D eigenvalue weighted by Gasteiger charge is -2.19. The van der Waals surface area contributed by atoms with Crippen LogP contribution < -0.4 is 0 Å². The molecule has 10 heteroatoms. The van der Waals surface area contributed by atoms with Crippen molar-refractivity contribution in [1.82, 2.24) is 0 Å². The molecular formula is C20H34O10. The number of Topliss-reactive ketones (excluding diaryl/α,β-unsaturated/α-hetero) is 2. The van der Waals surface area contributed by atoms with Crippen molar-refractivity contribution in [3.05, 3.63) is 0 Å². The van der Waals surface area contributed by atoms with Crippen LogP contribution in [0, 0.1) is 0 Å². The number of ether oxygens (including phenoxy) is 4. The second-order valence-electron chi connectivity index (χ2n) is 6.99. The fourth-order valence-electron chi connectivity index (χ4n) is 2.16. The van der Waals surface area contributed by atoms with E-state index in [1.54, 1.807) is 13.8 Å². The highest BCUT2D eigenvalue weighted by atomic mass is 16.6. The normalized spacial score (nSPS) is 15.0. The van der Waals surface area contributed by atoms with Gasteiger partial charge in [-0.1, -0.05) is 13.8 Å². The first-order chi connectivity index (χ1) is 14.0. The summed E-state index contributed by atoms with van der Waals surface area (Å²) in [7, 11) is 0. The molecule has 0 heterocycles. The number of aliphatic hydroxyl groups is 2. The molecule has 0 aromatic rings. The van der Waals surface area contributed by atoms with E-state index < -0.39 is 34.7 Å². The molecule has 2 N–H and O–H groups in total. The highest BCUT2D eigenvalue weighted by Gasteiger charge is 2.40. The lowest BCUT2D eigenvalue weighted by molar-refractivity contribution is -0.171. The van der Waals surface area contributed by atoms with Crippen molar-refractivity contribution in [2.24, 2.45) is 0 Å². The van der Waals surface area contributed by atoms with E-state index in [0.29, 0.717) is 12.8 Å². The van der Waals surface area contributed by atoms with Crippen molar-refractivity contribution >= 4 is 23.5 Å². The standard InChI is InChI=1S/C20H34O10/c1-5-7-15(21)19(3,25)17(23)29-13-11-27-9-10-28-12-14-30-18(24)20(4,26)16(22)8-6-2/h25-26H,5-14H2,1-4H3. The molecule has 2 unspecified atom stereocenters. The fraction of sp³-hybridized carbons (Fsp3) is 0.800. The Bertz CT molecular complexity index is 518. The van der Waals surface area contributed by atoms with E-state index in [0.717, 1.165) is 13.8 Å². The highest BCUT2D eigenvalue weighted by molar-refractivity contribution is 6.06. The van der Waals surface area contributed by atoms with Gasteiger partial charge < -0.3 is 29.2 Å². The number of rotatable bonds is 17. The number of hydrogen-bond acceptors (Lipinski definition) is 10. The van der Waals surface area contributed by atoms with Gasteiger partial charge in [0.15, 0.2) is 11.6 Å². The number of esters is 2. The molecule has 0 aromatic heterocycles. The van der Waals surface area contributed by atoms with Crippen molar-refractivity contribution in [2.45, 2.75) is 64.6 Å². The van der Waals surface area contributed by atoms with Gasteiger partial charge in [-0.05, 0) is 26.7 Å². The Labute approximate surface area is 176 Å². The molecule has 2 atom stereocenters. The van der Waals surface area contributed by atoms with Crippen LogP contribution in [0.5, 0.6) is 0 Å². The third-order valence-electron chi connectivity index (χ3n) is 4.13. The summed E-state index contributed by atoms with van der Waals surface area (Å²) < 4.78 is 20.0. The SMILES string of the molecule is CCCC(=O)C(C)(O)C(=O)OCCOCCOCCOC(=O)C(C)(O)C(=O)CCC. The first kappa shape index (κ1) is 28.1. The van der Waals surface area contributed by atoms with Crippen molar-refractivity contribution < 1.29 is 48.3 Å². The molecule has 174 valence electrons. The zero-order chi connectivity index (χ0) is 23.2. The van der Waals surface area contributed by atoms with Crippen LogP contribution in [0.1, 0.15) is 53.4 Å². The van der Waals surface area contributed by atoms with Gasteiger partial charge in [-0.2, -0.15) is 0 Å². The van der Waals surface area contributed by atoms with E-state index in [9.17, 15) is 29.4 Å². The molecule has 10 nitrogen and oxygen atoms in total. The van der Waals surface area contributed by atoms with Gasteiger partial charge in [0, 0.05) is 12.8 Å². The molecule has 0 rings (SSSR count). The lowest BCUT2D eigenvalue weighted by Crippen LogP contribution is -2.45. The molecule has 0 fully saturated rings. The van der Waals surface area contributed by atoms with Crippen LogP contribution in [0.25, 0.3) is 0 Å². The van der Waals surface area contributed by atoms with Crippen LogP contribution in [0.2, 0.25) is 0 Å². The molecule has 0 aliphatic heterocycles. The topological polar surface area (TPSA) is 146 Å². The van der Waals surface area contributed by atoms with E-state index in [1.807, 2.05) is 0 Å². The summed E-state index contributed by atoms with van der Waals surface area (Å²) in [6.07, 6.45) is 1.19. The Hall–Kier alpha value is -1.88. The summed E-state index contributed by atoms with van der Waals surface area (Å²) in [5.74, 6) is -3.23. The summed E-state index contributed by atoms with van der Waals surface area (Å²) in [4.78, 5) is 46.8. The minimum absolute atomic E-state index is 0.0462. The third kappa shape index (κ3) is 9.75. The van der Waals surface area contributed by atoms with Crippen LogP contribution in [-0.4, -0.2) is 84.6 Å². The Morgan fingerprint density at radius 1 is 0.633 bits per heavy atom. The first-order valence-corrected chi connectivity index (χ1v) is 10.0. The molecule has 0 saturated heterocycles. The highest BCUT2D eigenvalue weighted by Crippen LogP contribution is 2.12. The van der Waals surface area contributed by atoms with E-state index in [2.05, 4.69) is 0 Å². The Balaban J connectivity index is 3.82. The maximum atomic E-state index is 11.7. The first-order valence-electron chi connectivity index (χ1n) is 10.0. The van der Waals surface area contributed by atoms with Gasteiger partial charge in [0.1, 0.15) is 13.2 Å². The van der Waals surface area contributed by atoms with E-state index in [4.69, 9.17) is 18.9 Å². The monoisotopic (exact) mass is 434 g/mol. The van der Waals surface area contributed by atoms with Crippen molar-refractivity contribution in [2.75, 3.05) is 39.6 Å². The van der Waals surface area contributed by atoms with Crippen LogP contribution >= 0.6 is 0 Å². The summed E-state index contributed by atoms with van der Waals surface area (Å²) in [6, 6.07) is 0. The average molecular weight is 434 g/mol. The van der Waals surface area contributed by atoms with Gasteiger partial charge >= 0.3 is 11.9 Å². The van der Waals surface area contributed by atoms with Crippen LogP contribution in [0.15, 0.2) is 0 Å². The van der Waals surface area contributed by atoms with E-state index >= 15 is 0 Å². The van der Waals surface area contributed by atoms with Gasteiger partial charge in [0.25, 0.3) is 0 Å². The predicted molar refractivity (Wildman–Crippen MR) is 105 cm³/mol. The van der Waals surface area contributed by atoms with Crippen molar-refractivity contribution in [3.8, 4) is 0 Å². The molecule has 0 aliphatic rings. The van der Waals surface area contributed by atoms with Gasteiger partial charge in [-0.15, -0.1) is 0 Å². The van der Waals surface area contributed by atoms with Gasteiger partial charge in [-0.25, -0.2) is 9.59 Å². The van der Waals surface area contributed by atoms with Crippen molar-refractivity contribution in [1.29, 1.82) is 0 Å². The molecule has 30 heavy (non-hydrogen) atoms. The van der Waals surface area contributed by atoms with Gasteiger partial charge in [-0.3, -0.25) is 9.59 Å². The van der Waals surface area contributed by atoms with E-state index in [1.165, 1.54) is 0 Å². The zero-order valence-corrected chi connectivity index (χ0v) is 18.2. The average Bonchev–Trinajstić information content (AvgIpc) is 2.69. The number of carbonyl (C=O) groups excluding carboxylic acids is 4. The number of carbonyl (C=O) groups is 4. The third-order valence-corrected chi connectivity index (χ3v) is 4.13. The molecule has 0 radical (unpaired) electrons. The lowest BCUT2D eigenvalue weighted by atomic mass is 9.98. The van der Waals surface area contributed by atoms with Gasteiger partial charge in [0.05, 0.1) is 26.4 Å². The van der Waals surface area contributed by atoms with E-state index in [-0.39, 0.29) is 52.5 Å². The Morgan fingerprint density at radius 2 is 0.933 bits per heavy atom. The smallest absolute Gasteiger partial charge is 0.345 e. The summed E-state index contributed by atoms with van der Waals surface area (Å²) in [5.41, 5.74) is -4.33. The Kier molecular flexibility index (Phi) is 13.3. The summed E-state index contributed by atoms with van der Waals surface area (Å²) in [5, 5.41) is 19.8. The molecule has 0 aliphatic carbocycles. The molecule has 0 spiro atoms.